The first-order valence-electron chi connectivity index (χ1n) is 7.11. The molecule has 1 spiro atoms. The molecule has 6 heteroatoms. The van der Waals surface area contributed by atoms with Crippen LogP contribution in [0, 0.1) is 40.4 Å². The molecule has 0 radical (unpaired) electrons. The van der Waals surface area contributed by atoms with Gasteiger partial charge in [-0.05, 0) is 12.5 Å². The summed E-state index contributed by atoms with van der Waals surface area (Å²) >= 11 is 1.48. The van der Waals surface area contributed by atoms with Crippen molar-refractivity contribution in [1.29, 1.82) is 10.5 Å². The smallest absolute Gasteiger partial charge is 0.230 e. The lowest BCUT2D eigenvalue weighted by Gasteiger charge is -2.26. The number of rotatable bonds is 1. The number of ether oxygens (including phenoxy) is 1. The van der Waals surface area contributed by atoms with Crippen molar-refractivity contribution in [2.45, 2.75) is 17.9 Å². The molecule has 2 aliphatic heterocycles. The largest absolute Gasteiger partial charge is 0.386 e. The molecule has 4 rings (SSSR count). The number of hydrogen-bond donors (Lipinski definition) is 1. The van der Waals surface area contributed by atoms with Crippen LogP contribution in [0.15, 0.2) is 29.3 Å². The van der Waals surface area contributed by atoms with Crippen LogP contribution in [-0.4, -0.2) is 23.3 Å². The number of nitrogens with two attached hydrogens (primary N) is 1. The summed E-state index contributed by atoms with van der Waals surface area (Å²) in [4.78, 5) is 4.42. The number of aryl methyl sites for hydroxylation is 1. The van der Waals surface area contributed by atoms with Crippen molar-refractivity contribution in [2.24, 2.45) is 21.6 Å². The van der Waals surface area contributed by atoms with Crippen LogP contribution in [0.2, 0.25) is 0 Å². The van der Waals surface area contributed by atoms with Gasteiger partial charge in [-0.25, -0.2) is 4.99 Å². The minimum absolute atomic E-state index is 0.233. The molecule has 0 unspecified atom stereocenters. The predicted molar refractivity (Wildman–Crippen MR) is 82.8 cm³/mol. The second kappa shape index (κ2) is 4.04. The normalized spacial score (nSPS) is 41.6. The number of thioether (sulfide) groups is 1. The number of nitrogens with zero attached hydrogens (tertiary/aromatic N) is 3. The van der Waals surface area contributed by atoms with Crippen molar-refractivity contribution in [3.63, 3.8) is 0 Å². The van der Waals surface area contributed by atoms with Gasteiger partial charge in [0.2, 0.25) is 5.06 Å². The first kappa shape index (κ1) is 13.6. The van der Waals surface area contributed by atoms with E-state index in [1.807, 2.05) is 31.2 Å². The topological polar surface area (TPSA) is 95.2 Å². The Morgan fingerprint density at radius 2 is 2.05 bits per heavy atom. The second-order valence-electron chi connectivity index (χ2n) is 5.96. The molecule has 0 bridgehead atoms. The highest BCUT2D eigenvalue weighted by Gasteiger charge is 2.93. The van der Waals surface area contributed by atoms with Gasteiger partial charge in [0.25, 0.3) is 0 Å². The van der Waals surface area contributed by atoms with Gasteiger partial charge in [-0.1, -0.05) is 41.6 Å². The number of amidine groups is 1. The summed E-state index contributed by atoms with van der Waals surface area (Å²) in [5.74, 6) is 0.692. The monoisotopic (exact) mass is 310 g/mol. The molecule has 110 valence electrons. The Balaban J connectivity index is 1.92. The fourth-order valence-electron chi connectivity index (χ4n) is 3.98. The third-order valence-electron chi connectivity index (χ3n) is 5.02. The van der Waals surface area contributed by atoms with Crippen LogP contribution in [-0.2, 0) is 4.74 Å². The van der Waals surface area contributed by atoms with Gasteiger partial charge in [-0.2, -0.15) is 10.5 Å². The van der Waals surface area contributed by atoms with E-state index in [2.05, 4.69) is 17.1 Å². The third-order valence-corrected chi connectivity index (χ3v) is 6.31. The Labute approximate surface area is 132 Å². The van der Waals surface area contributed by atoms with E-state index in [9.17, 15) is 10.5 Å². The Hall–Kier alpha value is -2.02. The molecule has 1 aromatic rings. The first-order chi connectivity index (χ1) is 10.6. The van der Waals surface area contributed by atoms with Crippen molar-refractivity contribution in [2.75, 3.05) is 12.4 Å². The first-order valence-corrected chi connectivity index (χ1v) is 8.09. The molecule has 2 heterocycles. The van der Waals surface area contributed by atoms with Gasteiger partial charge in [0, 0.05) is 11.7 Å². The molecule has 1 saturated heterocycles. The molecule has 1 aliphatic carbocycles. The van der Waals surface area contributed by atoms with Crippen LogP contribution in [0.4, 0.5) is 0 Å². The fraction of sp³-hybridized carbons (Fsp3) is 0.438. The minimum Gasteiger partial charge on any atom is -0.386 e. The number of nitriles is 2. The molecular weight excluding hydrogens is 296 g/mol. The summed E-state index contributed by atoms with van der Waals surface area (Å²) in [6.07, 6.45) is 0. The highest BCUT2D eigenvalue weighted by Crippen LogP contribution is 2.84. The molecule has 2 N–H and O–H groups in total. The summed E-state index contributed by atoms with van der Waals surface area (Å²) < 4.78 is 5.84. The van der Waals surface area contributed by atoms with Gasteiger partial charge >= 0.3 is 0 Å². The Morgan fingerprint density at radius 3 is 2.59 bits per heavy atom. The van der Waals surface area contributed by atoms with E-state index < -0.39 is 15.9 Å². The van der Waals surface area contributed by atoms with Crippen LogP contribution in [0.3, 0.4) is 0 Å². The lowest BCUT2D eigenvalue weighted by Crippen LogP contribution is -2.34. The van der Waals surface area contributed by atoms with Crippen molar-refractivity contribution in [3.8, 4) is 12.1 Å². The van der Waals surface area contributed by atoms with E-state index in [4.69, 9.17) is 10.5 Å². The molecule has 0 aromatic heterocycles. The van der Waals surface area contributed by atoms with Crippen LogP contribution in [0.1, 0.15) is 17.0 Å². The van der Waals surface area contributed by atoms with Gasteiger partial charge < -0.3 is 10.5 Å². The highest BCUT2D eigenvalue weighted by atomic mass is 32.2. The average molecular weight is 310 g/mol. The Morgan fingerprint density at radius 1 is 1.32 bits per heavy atom. The number of aliphatic imine (C=N–C) groups is 1. The maximum atomic E-state index is 9.97. The average Bonchev–Trinajstić information content (AvgIpc) is 2.77. The van der Waals surface area contributed by atoms with Gasteiger partial charge in [-0.15, -0.1) is 0 Å². The molecule has 0 amide bonds. The fourth-order valence-corrected chi connectivity index (χ4v) is 5.30. The van der Waals surface area contributed by atoms with Gasteiger partial charge in [-0.3, -0.25) is 0 Å². The van der Waals surface area contributed by atoms with Gasteiger partial charge in [0.05, 0.1) is 18.7 Å². The number of fused-ring (bicyclic) bond motifs is 2. The molecule has 22 heavy (non-hydrogen) atoms. The third kappa shape index (κ3) is 1.19. The van der Waals surface area contributed by atoms with Crippen LogP contribution < -0.4 is 5.73 Å². The SMILES string of the molecule is Cc1ccc([C@H]2[C@@]3(C#N)[C@@]4(N=C(N)[C@@]23C#N)OCCS4)cc1. The second-order valence-corrected chi connectivity index (χ2v) is 7.21. The number of hydrogen-bond acceptors (Lipinski definition) is 6. The summed E-state index contributed by atoms with van der Waals surface area (Å²) in [7, 11) is 0. The molecule has 5 nitrogen and oxygen atoms in total. The maximum Gasteiger partial charge on any atom is 0.230 e. The Kier molecular flexibility index (Phi) is 2.50. The zero-order valence-corrected chi connectivity index (χ0v) is 12.9. The molecule has 3 aliphatic rings. The van der Waals surface area contributed by atoms with E-state index in [1.54, 1.807) is 0 Å². The standard InChI is InChI=1S/C16H14N4OS/c1-10-2-4-11(5-3-10)12-14(8-17)13(19)20-16(15(12,14)9-18)21-6-7-22-16/h2-5,12H,6-7H2,1H3,(H2,19,20)/t12-,14-,15-,16-/m1/s1. The van der Waals surface area contributed by atoms with Crippen LogP contribution in [0.5, 0.6) is 0 Å². The molecular formula is C16H14N4OS. The zero-order valence-electron chi connectivity index (χ0n) is 12.0. The molecule has 1 saturated carbocycles. The van der Waals surface area contributed by atoms with E-state index in [-0.39, 0.29) is 11.8 Å². The van der Waals surface area contributed by atoms with Crippen molar-refractivity contribution in [1.82, 2.24) is 0 Å². The molecule has 4 atom stereocenters. The predicted octanol–water partition coefficient (Wildman–Crippen LogP) is 1.90. The summed E-state index contributed by atoms with van der Waals surface area (Å²) in [6, 6.07) is 12.6. The van der Waals surface area contributed by atoms with E-state index in [0.29, 0.717) is 6.61 Å². The summed E-state index contributed by atoms with van der Waals surface area (Å²) in [5, 5.41) is 18.8. The summed E-state index contributed by atoms with van der Waals surface area (Å²) in [6.45, 7) is 2.53. The maximum absolute atomic E-state index is 9.97. The van der Waals surface area contributed by atoms with Gasteiger partial charge in [0.1, 0.15) is 11.3 Å². The molecule has 1 aromatic carbocycles. The quantitative estimate of drug-likeness (QED) is 0.854. The molecule has 2 fully saturated rings. The van der Waals surface area contributed by atoms with E-state index in [1.165, 1.54) is 11.8 Å². The number of benzene rings is 1. The zero-order chi connectivity index (χ0) is 15.6. The van der Waals surface area contributed by atoms with Crippen molar-refractivity contribution >= 4 is 17.6 Å². The summed E-state index contributed by atoms with van der Waals surface area (Å²) in [5.41, 5.74) is 6.09. The van der Waals surface area contributed by atoms with Crippen LogP contribution in [0.25, 0.3) is 0 Å². The lowest BCUT2D eigenvalue weighted by molar-refractivity contribution is 0.0200. The van der Waals surface area contributed by atoms with Crippen molar-refractivity contribution < 1.29 is 4.74 Å². The van der Waals surface area contributed by atoms with E-state index >= 15 is 0 Å². The lowest BCUT2D eigenvalue weighted by atomic mass is 9.95. The Bertz CT molecular complexity index is 769. The van der Waals surface area contributed by atoms with Gasteiger partial charge in [0.15, 0.2) is 5.41 Å². The van der Waals surface area contributed by atoms with Crippen LogP contribution >= 0.6 is 11.8 Å². The minimum atomic E-state index is -1.08. The van der Waals surface area contributed by atoms with E-state index in [0.717, 1.165) is 16.9 Å². The van der Waals surface area contributed by atoms with Crippen molar-refractivity contribution in [3.05, 3.63) is 35.4 Å². The highest BCUT2D eigenvalue weighted by molar-refractivity contribution is 8.00.